The minimum atomic E-state index is 0.111. The van der Waals surface area contributed by atoms with Crippen molar-refractivity contribution < 1.29 is 4.79 Å². The van der Waals surface area contributed by atoms with Crippen molar-refractivity contribution in [1.29, 1.82) is 0 Å². The Kier molecular flexibility index (Phi) is 6.43. The van der Waals surface area contributed by atoms with Crippen LogP contribution in [0.3, 0.4) is 0 Å². The molecule has 102 valence electrons. The molecule has 1 heterocycles. The molecule has 0 bridgehead atoms. The Balaban J connectivity index is 2.13. The first-order valence-corrected chi connectivity index (χ1v) is 6.61. The zero-order valence-electron chi connectivity index (χ0n) is 11.6. The molecule has 1 rings (SSSR count). The van der Waals surface area contributed by atoms with Gasteiger partial charge in [0.05, 0.1) is 5.69 Å². The molecule has 0 radical (unpaired) electrons. The number of hydrogen-bond acceptors (Lipinski definition) is 3. The van der Waals surface area contributed by atoms with Crippen LogP contribution >= 0.6 is 0 Å². The highest BCUT2D eigenvalue weighted by Crippen LogP contribution is 1.97. The Bertz CT molecular complexity index is 360. The van der Waals surface area contributed by atoms with Gasteiger partial charge in [0.15, 0.2) is 0 Å². The predicted molar refractivity (Wildman–Crippen MR) is 72.1 cm³/mol. The third-order valence-corrected chi connectivity index (χ3v) is 2.65. The molecule has 0 spiro atoms. The van der Waals surface area contributed by atoms with Gasteiger partial charge in [0.1, 0.15) is 0 Å². The summed E-state index contributed by atoms with van der Waals surface area (Å²) in [6, 6.07) is 2.00. The van der Waals surface area contributed by atoms with E-state index in [9.17, 15) is 4.79 Å². The molecule has 1 aromatic heterocycles. The van der Waals surface area contributed by atoms with Crippen LogP contribution in [0.2, 0.25) is 0 Å². The molecule has 0 atom stereocenters. The van der Waals surface area contributed by atoms with E-state index in [1.54, 1.807) is 6.20 Å². The summed E-state index contributed by atoms with van der Waals surface area (Å²) in [7, 11) is 0. The summed E-state index contributed by atoms with van der Waals surface area (Å²) in [4.78, 5) is 11.5. The fourth-order valence-corrected chi connectivity index (χ4v) is 1.62. The molecular formula is C13H24N4O. The first kappa shape index (κ1) is 14.7. The third kappa shape index (κ3) is 5.31. The van der Waals surface area contributed by atoms with Gasteiger partial charge in [-0.2, -0.15) is 5.10 Å². The van der Waals surface area contributed by atoms with E-state index in [0.29, 0.717) is 18.9 Å². The topological polar surface area (TPSA) is 59.0 Å². The number of amides is 1. The maximum atomic E-state index is 11.5. The summed E-state index contributed by atoms with van der Waals surface area (Å²) in [5.74, 6) is 0.612. The van der Waals surface area contributed by atoms with Crippen LogP contribution in [-0.2, 0) is 17.9 Å². The second-order valence-corrected chi connectivity index (χ2v) is 4.76. The van der Waals surface area contributed by atoms with Crippen LogP contribution in [0.4, 0.5) is 0 Å². The van der Waals surface area contributed by atoms with Crippen LogP contribution in [-0.4, -0.2) is 28.8 Å². The second-order valence-electron chi connectivity index (χ2n) is 4.76. The van der Waals surface area contributed by atoms with Crippen LogP contribution in [0.15, 0.2) is 12.3 Å². The molecule has 0 unspecified atom stereocenters. The molecule has 1 amide bonds. The summed E-state index contributed by atoms with van der Waals surface area (Å²) in [5.41, 5.74) is 1.15. The number of hydrogen-bond donors (Lipinski definition) is 2. The van der Waals surface area contributed by atoms with Gasteiger partial charge in [0.2, 0.25) is 5.91 Å². The van der Waals surface area contributed by atoms with E-state index in [4.69, 9.17) is 0 Å². The van der Waals surface area contributed by atoms with Gasteiger partial charge in [-0.25, -0.2) is 0 Å². The first-order valence-electron chi connectivity index (χ1n) is 6.61. The number of nitrogens with one attached hydrogen (secondary N) is 2. The van der Waals surface area contributed by atoms with Gasteiger partial charge in [-0.05, 0) is 18.9 Å². The van der Waals surface area contributed by atoms with E-state index in [2.05, 4.69) is 36.5 Å². The van der Waals surface area contributed by atoms with Crippen LogP contribution in [0, 0.1) is 5.92 Å². The summed E-state index contributed by atoms with van der Waals surface area (Å²) in [5, 5.41) is 10.4. The van der Waals surface area contributed by atoms with E-state index in [0.717, 1.165) is 25.3 Å². The van der Waals surface area contributed by atoms with Crippen molar-refractivity contribution >= 4 is 5.91 Å². The summed E-state index contributed by atoms with van der Waals surface area (Å²) >= 11 is 0. The highest BCUT2D eigenvalue weighted by Gasteiger charge is 2.03. The Morgan fingerprint density at radius 1 is 1.50 bits per heavy atom. The first-order chi connectivity index (χ1) is 8.63. The van der Waals surface area contributed by atoms with Crippen molar-refractivity contribution in [1.82, 2.24) is 20.4 Å². The van der Waals surface area contributed by atoms with Gasteiger partial charge in [-0.1, -0.05) is 13.8 Å². The van der Waals surface area contributed by atoms with Crippen molar-refractivity contribution in [2.75, 3.05) is 13.1 Å². The van der Waals surface area contributed by atoms with Crippen molar-refractivity contribution in [2.45, 2.75) is 40.3 Å². The zero-order chi connectivity index (χ0) is 13.4. The van der Waals surface area contributed by atoms with Crippen molar-refractivity contribution in [3.8, 4) is 0 Å². The lowest BCUT2D eigenvalue weighted by atomic mass is 10.2. The van der Waals surface area contributed by atoms with Crippen LogP contribution in [0.5, 0.6) is 0 Å². The van der Waals surface area contributed by atoms with E-state index < -0.39 is 0 Å². The van der Waals surface area contributed by atoms with E-state index in [1.807, 2.05) is 10.7 Å². The second kappa shape index (κ2) is 7.87. The van der Waals surface area contributed by atoms with Gasteiger partial charge in [0, 0.05) is 38.8 Å². The van der Waals surface area contributed by atoms with Crippen LogP contribution < -0.4 is 10.6 Å². The van der Waals surface area contributed by atoms with Crippen molar-refractivity contribution in [2.24, 2.45) is 5.92 Å². The maximum absolute atomic E-state index is 11.5. The Labute approximate surface area is 109 Å². The van der Waals surface area contributed by atoms with Crippen molar-refractivity contribution in [3.05, 3.63) is 18.0 Å². The van der Waals surface area contributed by atoms with Gasteiger partial charge in [0.25, 0.3) is 0 Å². The molecule has 0 aliphatic rings. The number of rotatable bonds is 8. The molecule has 18 heavy (non-hydrogen) atoms. The summed E-state index contributed by atoms with van der Waals surface area (Å²) in [6.45, 7) is 9.31. The van der Waals surface area contributed by atoms with Gasteiger partial charge >= 0.3 is 0 Å². The monoisotopic (exact) mass is 252 g/mol. The normalized spacial score (nSPS) is 10.9. The van der Waals surface area contributed by atoms with Crippen molar-refractivity contribution in [3.63, 3.8) is 0 Å². The fourth-order valence-electron chi connectivity index (χ4n) is 1.62. The molecule has 0 saturated heterocycles. The van der Waals surface area contributed by atoms with E-state index in [1.165, 1.54) is 0 Å². The molecule has 0 aliphatic carbocycles. The number of nitrogens with zero attached hydrogens (tertiary/aromatic N) is 2. The molecular weight excluding hydrogens is 228 g/mol. The minimum Gasteiger partial charge on any atom is -0.356 e. The highest BCUT2D eigenvalue weighted by molar-refractivity contribution is 5.76. The number of carbonyl (C=O) groups excluding carboxylic acids is 1. The minimum absolute atomic E-state index is 0.111. The molecule has 5 nitrogen and oxygen atoms in total. The van der Waals surface area contributed by atoms with Crippen LogP contribution in [0.25, 0.3) is 0 Å². The highest BCUT2D eigenvalue weighted by atomic mass is 16.1. The Morgan fingerprint density at radius 3 is 2.94 bits per heavy atom. The zero-order valence-corrected chi connectivity index (χ0v) is 11.6. The SMILES string of the molecule is CCn1nccc1CNCCC(=O)NCC(C)C. The standard InChI is InChI=1S/C13H24N4O/c1-4-17-12(5-8-16-17)10-14-7-6-13(18)15-9-11(2)3/h5,8,11,14H,4,6-7,9-10H2,1-3H3,(H,15,18). The lowest BCUT2D eigenvalue weighted by Gasteiger charge is -2.09. The van der Waals surface area contributed by atoms with E-state index in [-0.39, 0.29) is 5.91 Å². The quantitative estimate of drug-likeness (QED) is 0.682. The van der Waals surface area contributed by atoms with Gasteiger partial charge in [-0.15, -0.1) is 0 Å². The van der Waals surface area contributed by atoms with Crippen LogP contribution in [0.1, 0.15) is 32.9 Å². The average Bonchev–Trinajstić information content (AvgIpc) is 2.79. The van der Waals surface area contributed by atoms with E-state index >= 15 is 0 Å². The maximum Gasteiger partial charge on any atom is 0.221 e. The molecule has 0 fully saturated rings. The lowest BCUT2D eigenvalue weighted by molar-refractivity contribution is -0.121. The summed E-state index contributed by atoms with van der Waals surface area (Å²) in [6.07, 6.45) is 2.32. The Hall–Kier alpha value is -1.36. The smallest absolute Gasteiger partial charge is 0.221 e. The van der Waals surface area contributed by atoms with Gasteiger partial charge < -0.3 is 10.6 Å². The molecule has 5 heteroatoms. The molecule has 0 aliphatic heterocycles. The molecule has 2 N–H and O–H groups in total. The largest absolute Gasteiger partial charge is 0.356 e. The molecule has 0 saturated carbocycles. The number of carbonyl (C=O) groups is 1. The average molecular weight is 252 g/mol. The summed E-state index contributed by atoms with van der Waals surface area (Å²) < 4.78 is 1.95. The number of aryl methyl sites for hydroxylation is 1. The van der Waals surface area contributed by atoms with Gasteiger partial charge in [-0.3, -0.25) is 9.48 Å². The molecule has 1 aromatic rings. The third-order valence-electron chi connectivity index (χ3n) is 2.65. The lowest BCUT2D eigenvalue weighted by Crippen LogP contribution is -2.30. The number of aromatic nitrogens is 2. The predicted octanol–water partition coefficient (Wildman–Crippen LogP) is 1.15. The fraction of sp³-hybridized carbons (Fsp3) is 0.692. The molecule has 0 aromatic carbocycles. The Morgan fingerprint density at radius 2 is 2.28 bits per heavy atom.